The quantitative estimate of drug-likeness (QED) is 0.753. The van der Waals surface area contributed by atoms with Gasteiger partial charge in [0.2, 0.25) is 0 Å². The number of nitrogens with zero attached hydrogens (tertiary/aromatic N) is 1. The minimum Gasteiger partial charge on any atom is -0.347 e. The Morgan fingerprint density at radius 3 is 2.78 bits per heavy atom. The van der Waals surface area contributed by atoms with Gasteiger partial charge in [-0.2, -0.15) is 5.10 Å². The highest BCUT2D eigenvalue weighted by Gasteiger charge is 2.40. The Bertz CT molecular complexity index is 729. The SMILES string of the molecule is NC1CC2CCCC(C1)C2NC(=O)c1n[nH]c2ccc(Br)cc12. The lowest BCUT2D eigenvalue weighted by molar-refractivity contribution is 0.0753. The second-order valence-electron chi connectivity index (χ2n) is 6.94. The van der Waals surface area contributed by atoms with Gasteiger partial charge < -0.3 is 11.1 Å². The van der Waals surface area contributed by atoms with Gasteiger partial charge >= 0.3 is 0 Å². The average molecular weight is 377 g/mol. The van der Waals surface area contributed by atoms with E-state index in [4.69, 9.17) is 5.73 Å². The molecular weight excluding hydrogens is 356 g/mol. The molecule has 2 aromatic rings. The summed E-state index contributed by atoms with van der Waals surface area (Å²) in [5, 5.41) is 11.3. The zero-order chi connectivity index (χ0) is 16.0. The van der Waals surface area contributed by atoms with Crippen LogP contribution in [0.4, 0.5) is 0 Å². The van der Waals surface area contributed by atoms with Crippen LogP contribution in [0.3, 0.4) is 0 Å². The van der Waals surface area contributed by atoms with Gasteiger partial charge in [-0.25, -0.2) is 0 Å². The normalized spacial score (nSPS) is 30.3. The first-order chi connectivity index (χ1) is 11.1. The molecule has 2 atom stereocenters. The number of benzene rings is 1. The second kappa shape index (κ2) is 5.91. The third-order valence-electron chi connectivity index (χ3n) is 5.41. The molecule has 2 saturated carbocycles. The van der Waals surface area contributed by atoms with Crippen molar-refractivity contribution < 1.29 is 4.79 Å². The second-order valence-corrected chi connectivity index (χ2v) is 7.86. The standard InChI is InChI=1S/C17H21BrN4O/c18-11-4-5-14-13(8-11)16(22-21-14)17(23)20-15-9-2-1-3-10(15)7-12(19)6-9/h4-5,8-10,12,15H,1-3,6-7,19H2,(H,20,23)(H,21,22). The van der Waals surface area contributed by atoms with Crippen molar-refractivity contribution in [1.29, 1.82) is 0 Å². The number of nitrogens with one attached hydrogen (secondary N) is 2. The monoisotopic (exact) mass is 376 g/mol. The van der Waals surface area contributed by atoms with Crippen molar-refractivity contribution in [1.82, 2.24) is 15.5 Å². The molecule has 2 fully saturated rings. The van der Waals surface area contributed by atoms with Gasteiger partial charge in [0.05, 0.1) is 5.52 Å². The number of H-pyrrole nitrogens is 1. The summed E-state index contributed by atoms with van der Waals surface area (Å²) >= 11 is 3.46. The minimum atomic E-state index is -0.0771. The molecule has 2 bridgehead atoms. The third kappa shape index (κ3) is 2.78. The molecule has 4 rings (SSSR count). The van der Waals surface area contributed by atoms with Crippen molar-refractivity contribution in [2.75, 3.05) is 0 Å². The lowest BCUT2D eigenvalue weighted by atomic mass is 9.67. The Balaban J connectivity index is 1.58. The summed E-state index contributed by atoms with van der Waals surface area (Å²) in [4.78, 5) is 12.8. The van der Waals surface area contributed by atoms with Crippen LogP contribution >= 0.6 is 15.9 Å². The Kier molecular flexibility index (Phi) is 3.89. The number of hydrogen-bond acceptors (Lipinski definition) is 3. The van der Waals surface area contributed by atoms with Gasteiger partial charge in [-0.1, -0.05) is 22.4 Å². The van der Waals surface area contributed by atoms with Crippen molar-refractivity contribution in [3.8, 4) is 0 Å². The van der Waals surface area contributed by atoms with E-state index in [0.29, 0.717) is 23.6 Å². The van der Waals surface area contributed by atoms with Crippen LogP contribution in [0.2, 0.25) is 0 Å². The van der Waals surface area contributed by atoms with Crippen LogP contribution in [0.15, 0.2) is 22.7 Å². The summed E-state index contributed by atoms with van der Waals surface area (Å²) in [6.45, 7) is 0. The molecule has 6 heteroatoms. The van der Waals surface area contributed by atoms with Crippen LogP contribution in [0, 0.1) is 11.8 Å². The zero-order valence-corrected chi connectivity index (χ0v) is 14.5. The van der Waals surface area contributed by atoms with Crippen LogP contribution in [0.1, 0.15) is 42.6 Å². The Morgan fingerprint density at radius 1 is 1.30 bits per heavy atom. The first-order valence-electron chi connectivity index (χ1n) is 8.32. The van der Waals surface area contributed by atoms with Crippen LogP contribution < -0.4 is 11.1 Å². The van der Waals surface area contributed by atoms with Crippen molar-refractivity contribution in [3.05, 3.63) is 28.4 Å². The number of carbonyl (C=O) groups excluding carboxylic acids is 1. The van der Waals surface area contributed by atoms with Crippen LogP contribution in [0.5, 0.6) is 0 Å². The van der Waals surface area contributed by atoms with E-state index in [-0.39, 0.29) is 11.9 Å². The lowest BCUT2D eigenvalue weighted by Gasteiger charge is -2.45. The number of carbonyl (C=O) groups is 1. The highest BCUT2D eigenvalue weighted by Crippen LogP contribution is 2.39. The van der Waals surface area contributed by atoms with Crippen molar-refractivity contribution in [3.63, 3.8) is 0 Å². The fraction of sp³-hybridized carbons (Fsp3) is 0.529. The molecule has 2 aliphatic carbocycles. The maximum absolute atomic E-state index is 12.8. The van der Waals surface area contributed by atoms with E-state index in [1.807, 2.05) is 18.2 Å². The van der Waals surface area contributed by atoms with Gasteiger partial charge in [0.15, 0.2) is 5.69 Å². The molecule has 5 nitrogen and oxygen atoms in total. The summed E-state index contributed by atoms with van der Waals surface area (Å²) < 4.78 is 0.945. The molecule has 0 radical (unpaired) electrons. The topological polar surface area (TPSA) is 83.8 Å². The molecule has 0 saturated heterocycles. The first kappa shape index (κ1) is 15.1. The number of hydrogen-bond donors (Lipinski definition) is 3. The number of amides is 1. The first-order valence-corrected chi connectivity index (χ1v) is 9.11. The van der Waals surface area contributed by atoms with Crippen molar-refractivity contribution in [2.45, 2.75) is 44.2 Å². The molecule has 4 N–H and O–H groups in total. The molecule has 0 aliphatic heterocycles. The van der Waals surface area contributed by atoms with E-state index in [2.05, 4.69) is 31.4 Å². The number of aromatic nitrogens is 2. The maximum atomic E-state index is 12.8. The van der Waals surface area contributed by atoms with E-state index in [0.717, 1.165) is 28.2 Å². The van der Waals surface area contributed by atoms with Gasteiger partial charge in [-0.15, -0.1) is 0 Å². The Hall–Kier alpha value is -1.40. The minimum absolute atomic E-state index is 0.0771. The third-order valence-corrected chi connectivity index (χ3v) is 5.91. The maximum Gasteiger partial charge on any atom is 0.272 e. The average Bonchev–Trinajstić information content (AvgIpc) is 2.91. The molecule has 1 aromatic heterocycles. The predicted molar refractivity (Wildman–Crippen MR) is 93.1 cm³/mol. The number of aromatic amines is 1. The van der Waals surface area contributed by atoms with Gasteiger partial charge in [-0.05, 0) is 55.7 Å². The molecule has 1 heterocycles. The van der Waals surface area contributed by atoms with Gasteiger partial charge in [0.25, 0.3) is 5.91 Å². The van der Waals surface area contributed by atoms with E-state index < -0.39 is 0 Å². The largest absolute Gasteiger partial charge is 0.347 e. The smallest absolute Gasteiger partial charge is 0.272 e. The highest BCUT2D eigenvalue weighted by atomic mass is 79.9. The summed E-state index contributed by atoms with van der Waals surface area (Å²) in [7, 11) is 0. The molecule has 1 amide bonds. The van der Waals surface area contributed by atoms with E-state index in [1.165, 1.54) is 19.3 Å². The Labute approximate surface area is 143 Å². The number of fused-ring (bicyclic) bond motifs is 3. The molecule has 0 spiro atoms. The van der Waals surface area contributed by atoms with Crippen LogP contribution in [-0.2, 0) is 0 Å². The lowest BCUT2D eigenvalue weighted by Crippen LogP contribution is -2.53. The molecule has 1 aromatic carbocycles. The summed E-state index contributed by atoms with van der Waals surface area (Å²) in [6, 6.07) is 6.34. The summed E-state index contributed by atoms with van der Waals surface area (Å²) in [5.74, 6) is 0.948. The summed E-state index contributed by atoms with van der Waals surface area (Å²) in [5.41, 5.74) is 7.53. The number of halogens is 1. The van der Waals surface area contributed by atoms with Gasteiger partial charge in [-0.3, -0.25) is 9.89 Å². The number of nitrogens with two attached hydrogens (primary N) is 1. The summed E-state index contributed by atoms with van der Waals surface area (Å²) in [6.07, 6.45) is 5.64. The van der Waals surface area contributed by atoms with Gasteiger partial charge in [0.1, 0.15) is 0 Å². The predicted octanol–water partition coefficient (Wildman–Crippen LogP) is 2.96. The molecular formula is C17H21BrN4O. The number of rotatable bonds is 2. The molecule has 2 aliphatic rings. The fourth-order valence-corrected chi connectivity index (χ4v) is 4.76. The molecule has 2 unspecified atom stereocenters. The molecule has 23 heavy (non-hydrogen) atoms. The van der Waals surface area contributed by atoms with Crippen molar-refractivity contribution >= 4 is 32.7 Å². The van der Waals surface area contributed by atoms with Crippen LogP contribution in [0.25, 0.3) is 10.9 Å². The highest BCUT2D eigenvalue weighted by molar-refractivity contribution is 9.10. The zero-order valence-electron chi connectivity index (χ0n) is 12.9. The van der Waals surface area contributed by atoms with E-state index in [1.54, 1.807) is 0 Å². The van der Waals surface area contributed by atoms with E-state index in [9.17, 15) is 4.79 Å². The molecule has 122 valence electrons. The Morgan fingerprint density at radius 2 is 2.04 bits per heavy atom. The van der Waals surface area contributed by atoms with Crippen LogP contribution in [-0.4, -0.2) is 28.2 Å². The fourth-order valence-electron chi connectivity index (χ4n) is 4.40. The van der Waals surface area contributed by atoms with Crippen molar-refractivity contribution in [2.24, 2.45) is 17.6 Å². The van der Waals surface area contributed by atoms with Gasteiger partial charge in [0, 0.05) is 21.9 Å². The van der Waals surface area contributed by atoms with E-state index >= 15 is 0 Å².